The molecule has 0 bridgehead atoms. The van der Waals surface area contributed by atoms with E-state index in [2.05, 4.69) is 10.6 Å². The first-order valence-corrected chi connectivity index (χ1v) is 12.7. The Morgan fingerprint density at radius 2 is 1.94 bits per heavy atom. The van der Waals surface area contributed by atoms with Gasteiger partial charge in [-0.1, -0.05) is 20.3 Å². The number of amides is 4. The molecule has 1 heterocycles. The van der Waals surface area contributed by atoms with Gasteiger partial charge in [0.15, 0.2) is 0 Å². The van der Waals surface area contributed by atoms with Gasteiger partial charge in [0.25, 0.3) is 5.91 Å². The Hall–Kier alpha value is -2.81. The lowest BCUT2D eigenvalue weighted by Crippen LogP contribution is -2.51. The summed E-state index contributed by atoms with van der Waals surface area (Å²) in [6, 6.07) is 4.74. The van der Waals surface area contributed by atoms with Crippen LogP contribution < -0.4 is 15.4 Å². The summed E-state index contributed by atoms with van der Waals surface area (Å²) in [7, 11) is 3.36. The smallest absolute Gasteiger partial charge is 0.317 e. The zero-order valence-corrected chi connectivity index (χ0v) is 21.6. The third-order valence-electron chi connectivity index (χ3n) is 6.98. The fourth-order valence-electron chi connectivity index (χ4n) is 4.38. The molecule has 3 atom stereocenters. The molecular formula is C26H40N4O5. The molecule has 194 valence electrons. The van der Waals surface area contributed by atoms with E-state index in [1.165, 1.54) is 0 Å². The highest BCUT2D eigenvalue weighted by Crippen LogP contribution is 2.30. The molecule has 9 heteroatoms. The van der Waals surface area contributed by atoms with E-state index in [0.29, 0.717) is 36.6 Å². The zero-order valence-electron chi connectivity index (χ0n) is 21.6. The third-order valence-corrected chi connectivity index (χ3v) is 6.98. The molecule has 1 aromatic rings. The van der Waals surface area contributed by atoms with Gasteiger partial charge >= 0.3 is 6.03 Å². The Bertz CT molecular complexity index is 904. The van der Waals surface area contributed by atoms with E-state index in [9.17, 15) is 14.4 Å². The number of nitrogens with one attached hydrogen (secondary N) is 2. The molecule has 1 aliphatic heterocycles. The number of likely N-dealkylation sites (N-methyl/N-ethyl adjacent to an activating group) is 1. The van der Waals surface area contributed by atoms with Gasteiger partial charge in [-0.05, 0) is 38.3 Å². The molecule has 0 saturated heterocycles. The van der Waals surface area contributed by atoms with Crippen molar-refractivity contribution in [2.75, 3.05) is 45.7 Å². The molecule has 1 aliphatic carbocycles. The molecule has 9 nitrogen and oxygen atoms in total. The lowest BCUT2D eigenvalue weighted by atomic mass is 9.85. The first-order chi connectivity index (χ1) is 16.7. The van der Waals surface area contributed by atoms with Crippen LogP contribution in [0.15, 0.2) is 18.2 Å². The summed E-state index contributed by atoms with van der Waals surface area (Å²) in [5.74, 6) is 0.242. The largest absolute Gasteiger partial charge is 0.491 e. The Morgan fingerprint density at radius 1 is 1.20 bits per heavy atom. The van der Waals surface area contributed by atoms with Crippen molar-refractivity contribution < 1.29 is 23.9 Å². The lowest BCUT2D eigenvalue weighted by Gasteiger charge is -2.36. The quantitative estimate of drug-likeness (QED) is 0.662. The van der Waals surface area contributed by atoms with Crippen molar-refractivity contribution >= 4 is 23.5 Å². The maximum atomic E-state index is 13.3. The van der Waals surface area contributed by atoms with Gasteiger partial charge in [0.05, 0.1) is 17.7 Å². The highest BCUT2D eigenvalue weighted by molar-refractivity contribution is 5.99. The summed E-state index contributed by atoms with van der Waals surface area (Å²) in [5.41, 5.74) is 1.00. The number of methoxy groups -OCH3 is 1. The average Bonchev–Trinajstić information content (AvgIpc) is 2.80. The number of fused-ring (bicyclic) bond motifs is 1. The van der Waals surface area contributed by atoms with E-state index in [1.807, 2.05) is 20.8 Å². The van der Waals surface area contributed by atoms with Crippen LogP contribution in [0.5, 0.6) is 5.75 Å². The molecule has 35 heavy (non-hydrogen) atoms. The summed E-state index contributed by atoms with van der Waals surface area (Å²) in [4.78, 5) is 42.1. The number of urea groups is 1. The van der Waals surface area contributed by atoms with Gasteiger partial charge in [-0.25, -0.2) is 4.79 Å². The molecule has 0 spiro atoms. The summed E-state index contributed by atoms with van der Waals surface area (Å²) >= 11 is 0. The molecule has 0 radical (unpaired) electrons. The predicted molar refractivity (Wildman–Crippen MR) is 135 cm³/mol. The Labute approximate surface area is 208 Å². The van der Waals surface area contributed by atoms with Gasteiger partial charge in [-0.2, -0.15) is 0 Å². The first-order valence-electron chi connectivity index (χ1n) is 12.7. The molecule has 0 aromatic heterocycles. The topological polar surface area (TPSA) is 100 Å². The minimum Gasteiger partial charge on any atom is -0.491 e. The number of hydrogen-bond donors (Lipinski definition) is 2. The average molecular weight is 489 g/mol. The molecule has 1 saturated carbocycles. The zero-order chi connectivity index (χ0) is 25.5. The summed E-state index contributed by atoms with van der Waals surface area (Å²) in [5, 5.41) is 5.92. The van der Waals surface area contributed by atoms with Crippen molar-refractivity contribution in [3.63, 3.8) is 0 Å². The van der Waals surface area contributed by atoms with Crippen LogP contribution in [0.1, 0.15) is 56.8 Å². The Morgan fingerprint density at radius 3 is 2.57 bits per heavy atom. The van der Waals surface area contributed by atoms with Gasteiger partial charge in [0, 0.05) is 57.4 Å². The van der Waals surface area contributed by atoms with Gasteiger partial charge in [0.1, 0.15) is 12.4 Å². The minimum atomic E-state index is -0.250. The molecule has 3 rings (SSSR count). The number of carbonyl (C=O) groups excluding carboxylic acids is 3. The number of anilines is 1. The summed E-state index contributed by atoms with van der Waals surface area (Å²) < 4.78 is 11.9. The fraction of sp³-hybridized carbons (Fsp3) is 0.654. The first kappa shape index (κ1) is 26.8. The second-order valence-corrected chi connectivity index (χ2v) is 9.81. The van der Waals surface area contributed by atoms with E-state index in [-0.39, 0.29) is 48.4 Å². The maximum absolute atomic E-state index is 13.3. The number of ether oxygens (including phenoxy) is 2. The normalized spacial score (nSPS) is 23.8. The second kappa shape index (κ2) is 12.2. The molecule has 1 fully saturated rings. The highest BCUT2D eigenvalue weighted by Gasteiger charge is 2.31. The molecule has 0 unspecified atom stereocenters. The van der Waals surface area contributed by atoms with E-state index >= 15 is 0 Å². The van der Waals surface area contributed by atoms with Crippen molar-refractivity contribution in [3.8, 4) is 5.75 Å². The van der Waals surface area contributed by atoms with Crippen molar-refractivity contribution in [2.45, 2.75) is 58.6 Å². The van der Waals surface area contributed by atoms with Crippen molar-refractivity contribution in [1.82, 2.24) is 15.1 Å². The summed E-state index contributed by atoms with van der Waals surface area (Å²) in [6.07, 6.45) is 3.48. The van der Waals surface area contributed by atoms with E-state index in [0.717, 1.165) is 25.7 Å². The van der Waals surface area contributed by atoms with Crippen LogP contribution in [0, 0.1) is 11.8 Å². The van der Waals surface area contributed by atoms with Crippen molar-refractivity contribution in [2.24, 2.45) is 11.8 Å². The van der Waals surface area contributed by atoms with Crippen molar-refractivity contribution in [1.29, 1.82) is 0 Å². The van der Waals surface area contributed by atoms with Crippen LogP contribution in [0.25, 0.3) is 0 Å². The number of benzene rings is 1. The van der Waals surface area contributed by atoms with Crippen LogP contribution in [0.2, 0.25) is 0 Å². The Balaban J connectivity index is 1.90. The second-order valence-electron chi connectivity index (χ2n) is 9.81. The number of rotatable bonds is 5. The molecule has 2 aliphatic rings. The SMILES string of the molecule is CCCNC(=O)N1C[C@H](C)[C@H](OC)CN(C)C(=O)c2ccc(NC(=O)C3CCC3)cc2OC[C@H]1C. The van der Waals surface area contributed by atoms with Crippen LogP contribution in [-0.2, 0) is 9.53 Å². The van der Waals surface area contributed by atoms with Crippen molar-refractivity contribution in [3.05, 3.63) is 23.8 Å². The van der Waals surface area contributed by atoms with Crippen LogP contribution in [-0.4, -0.2) is 80.2 Å². The van der Waals surface area contributed by atoms with E-state index in [4.69, 9.17) is 9.47 Å². The monoisotopic (exact) mass is 488 g/mol. The number of hydrogen-bond acceptors (Lipinski definition) is 5. The molecular weight excluding hydrogens is 448 g/mol. The molecule has 2 N–H and O–H groups in total. The van der Waals surface area contributed by atoms with E-state index in [1.54, 1.807) is 42.2 Å². The van der Waals surface area contributed by atoms with Gasteiger partial charge in [-0.15, -0.1) is 0 Å². The third kappa shape index (κ3) is 6.66. The summed E-state index contributed by atoms with van der Waals surface area (Å²) in [6.45, 7) is 7.60. The van der Waals surface area contributed by atoms with Crippen LogP contribution in [0.4, 0.5) is 10.5 Å². The van der Waals surface area contributed by atoms with Gasteiger partial charge in [-0.3, -0.25) is 9.59 Å². The number of carbonyl (C=O) groups is 3. The predicted octanol–water partition coefficient (Wildman–Crippen LogP) is 3.35. The highest BCUT2D eigenvalue weighted by atomic mass is 16.5. The number of nitrogens with zero attached hydrogens (tertiary/aromatic N) is 2. The van der Waals surface area contributed by atoms with Gasteiger partial charge in [0.2, 0.25) is 5.91 Å². The van der Waals surface area contributed by atoms with Crippen LogP contribution >= 0.6 is 0 Å². The van der Waals surface area contributed by atoms with Crippen LogP contribution in [0.3, 0.4) is 0 Å². The standard InChI is InChI=1S/C26H40N4O5/c1-6-12-27-26(33)30-14-17(2)23(34-5)15-29(4)25(32)21-11-10-20(13-22(21)35-16-18(30)3)28-24(31)19-8-7-9-19/h10-11,13,17-19,23H,6-9,12,14-16H2,1-5H3,(H,27,33)(H,28,31)/t17-,18+,23+/m0/s1. The Kier molecular flexibility index (Phi) is 9.37. The molecule has 4 amide bonds. The molecule has 1 aromatic carbocycles. The van der Waals surface area contributed by atoms with Gasteiger partial charge < -0.3 is 29.9 Å². The van der Waals surface area contributed by atoms with E-state index < -0.39 is 0 Å². The fourth-order valence-corrected chi connectivity index (χ4v) is 4.38. The maximum Gasteiger partial charge on any atom is 0.317 e. The minimum absolute atomic E-state index is 0.00291. The lowest BCUT2D eigenvalue weighted by molar-refractivity contribution is -0.122.